The van der Waals surface area contributed by atoms with Crippen LogP contribution in [0.25, 0.3) is 49.8 Å². The molecule has 7 rings (SSSR count). The van der Waals surface area contributed by atoms with E-state index in [1.54, 1.807) is 27.5 Å². The van der Waals surface area contributed by atoms with Crippen LogP contribution in [0.4, 0.5) is 15.8 Å². The van der Waals surface area contributed by atoms with Gasteiger partial charge in [0.15, 0.2) is 28.1 Å². The van der Waals surface area contributed by atoms with Crippen molar-refractivity contribution in [2.24, 2.45) is 0 Å². The Kier molecular flexibility index (Phi) is 7.04. The fraction of sp³-hybridized carbons (Fsp3) is 0.312. The maximum absolute atomic E-state index is 15.8. The zero-order valence-electron chi connectivity index (χ0n) is 24.8. The summed E-state index contributed by atoms with van der Waals surface area (Å²) >= 11 is 0. The number of nitrogens with zero attached hydrogens (tertiary/aromatic N) is 4. The number of rotatable bonds is 8. The number of likely N-dealkylation sites (tertiary alicyclic amines) is 1. The van der Waals surface area contributed by atoms with Crippen LogP contribution >= 0.6 is 0 Å². The zero-order chi connectivity index (χ0) is 31.4. The van der Waals surface area contributed by atoms with E-state index < -0.39 is 22.1 Å². The van der Waals surface area contributed by atoms with Gasteiger partial charge in [-0.25, -0.2) is 4.39 Å². The first-order chi connectivity index (χ1) is 21.7. The summed E-state index contributed by atoms with van der Waals surface area (Å²) in [5, 5.41) is 14.6. The maximum Gasteiger partial charge on any atom is 0.273 e. The van der Waals surface area contributed by atoms with Crippen LogP contribution in [0.5, 0.6) is 0 Å². The van der Waals surface area contributed by atoms with Crippen LogP contribution in [0.1, 0.15) is 36.0 Å². The molecule has 0 unspecified atom stereocenters. The molecule has 1 saturated heterocycles. The van der Waals surface area contributed by atoms with Crippen molar-refractivity contribution in [2.75, 3.05) is 45.6 Å². The van der Waals surface area contributed by atoms with E-state index in [2.05, 4.69) is 15.2 Å². The molecular weight excluding hydrogens is 583 g/mol. The van der Waals surface area contributed by atoms with Gasteiger partial charge >= 0.3 is 0 Å². The Morgan fingerprint density at radius 3 is 2.60 bits per heavy atom. The van der Waals surface area contributed by atoms with Crippen LogP contribution in [0.2, 0.25) is 0 Å². The molecular formula is C32H31FN6O6. The molecule has 232 valence electrons. The van der Waals surface area contributed by atoms with Crippen LogP contribution in [0, 0.1) is 15.9 Å². The number of nitro benzene ring substituents is 1. The van der Waals surface area contributed by atoms with Gasteiger partial charge < -0.3 is 33.3 Å². The van der Waals surface area contributed by atoms with Crippen molar-refractivity contribution in [1.82, 2.24) is 19.2 Å². The monoisotopic (exact) mass is 614 g/mol. The lowest BCUT2D eigenvalue weighted by atomic mass is 10.1. The van der Waals surface area contributed by atoms with Crippen LogP contribution in [-0.4, -0.2) is 70.3 Å². The number of benzene rings is 3. The van der Waals surface area contributed by atoms with Crippen molar-refractivity contribution in [2.45, 2.75) is 25.7 Å². The predicted molar refractivity (Wildman–Crippen MR) is 169 cm³/mol. The Morgan fingerprint density at radius 1 is 1.07 bits per heavy atom. The van der Waals surface area contributed by atoms with Gasteiger partial charge in [0.05, 0.1) is 32.9 Å². The summed E-state index contributed by atoms with van der Waals surface area (Å²) in [4.78, 5) is 45.1. The van der Waals surface area contributed by atoms with E-state index in [9.17, 15) is 19.7 Å². The number of pyridine rings is 1. The molecule has 0 radical (unpaired) electrons. The summed E-state index contributed by atoms with van der Waals surface area (Å²) in [5.41, 5.74) is 2.32. The molecule has 2 N–H and O–H groups in total. The molecule has 0 atom stereocenters. The number of hydrogen-bond acceptors (Lipinski definition) is 8. The number of halogens is 1. The van der Waals surface area contributed by atoms with Crippen LogP contribution < -0.4 is 10.7 Å². The number of H-pyrrole nitrogens is 1. The van der Waals surface area contributed by atoms with Gasteiger partial charge in [-0.1, -0.05) is 0 Å². The van der Waals surface area contributed by atoms with E-state index in [4.69, 9.17) is 8.83 Å². The van der Waals surface area contributed by atoms with Gasteiger partial charge in [0.25, 0.3) is 11.6 Å². The third-order valence-electron chi connectivity index (χ3n) is 8.35. The Labute approximate surface area is 254 Å². The molecule has 4 heterocycles. The van der Waals surface area contributed by atoms with E-state index in [1.165, 1.54) is 24.4 Å². The average Bonchev–Trinajstić information content (AvgIpc) is 3.56. The fourth-order valence-corrected chi connectivity index (χ4v) is 6.08. The molecule has 1 fully saturated rings. The number of carbonyl (C=O) groups is 1. The first-order valence-electron chi connectivity index (χ1n) is 14.9. The second-order valence-corrected chi connectivity index (χ2v) is 11.7. The lowest BCUT2D eigenvalue weighted by Gasteiger charge is -2.19. The topological polar surface area (TPSA) is 142 Å². The highest BCUT2D eigenvalue weighted by atomic mass is 19.1. The molecule has 1 aliphatic rings. The number of amides is 1. The van der Waals surface area contributed by atoms with Gasteiger partial charge in [-0.2, -0.15) is 0 Å². The Bertz CT molecular complexity index is 2240. The van der Waals surface area contributed by atoms with Crippen molar-refractivity contribution in [3.63, 3.8) is 0 Å². The summed E-state index contributed by atoms with van der Waals surface area (Å²) in [6.07, 6.45) is 4.89. The van der Waals surface area contributed by atoms with E-state index in [0.29, 0.717) is 52.9 Å². The molecule has 45 heavy (non-hydrogen) atoms. The molecule has 0 saturated carbocycles. The molecule has 1 aliphatic heterocycles. The second-order valence-electron chi connectivity index (χ2n) is 11.7. The largest absolute Gasteiger partial charge is 0.453 e. The van der Waals surface area contributed by atoms with Crippen molar-refractivity contribution >= 4 is 67.1 Å². The van der Waals surface area contributed by atoms with E-state index in [-0.39, 0.29) is 33.5 Å². The molecule has 0 spiro atoms. The van der Waals surface area contributed by atoms with E-state index >= 15 is 4.39 Å². The number of aromatic nitrogens is 2. The number of nitrogens with one attached hydrogen (secondary N) is 2. The van der Waals surface area contributed by atoms with Gasteiger partial charge in [0.1, 0.15) is 16.8 Å². The molecule has 3 aromatic carbocycles. The van der Waals surface area contributed by atoms with Crippen molar-refractivity contribution in [3.8, 4) is 0 Å². The second kappa shape index (κ2) is 11.1. The molecule has 13 heteroatoms. The van der Waals surface area contributed by atoms with Gasteiger partial charge in [-0.15, -0.1) is 0 Å². The number of nitro groups is 1. The minimum atomic E-state index is -0.655. The maximum atomic E-state index is 15.8. The first kappa shape index (κ1) is 28.6. The Morgan fingerprint density at radius 2 is 1.84 bits per heavy atom. The highest BCUT2D eigenvalue weighted by Crippen LogP contribution is 2.36. The van der Waals surface area contributed by atoms with Crippen molar-refractivity contribution in [1.29, 1.82) is 0 Å². The number of aromatic amines is 1. The van der Waals surface area contributed by atoms with Crippen molar-refractivity contribution in [3.05, 3.63) is 74.3 Å². The summed E-state index contributed by atoms with van der Waals surface area (Å²) in [6, 6.07) is 8.80. The first-order valence-corrected chi connectivity index (χ1v) is 14.9. The zero-order valence-corrected chi connectivity index (χ0v) is 24.8. The molecule has 1 amide bonds. The Balaban J connectivity index is 1.48. The lowest BCUT2D eigenvalue weighted by Crippen LogP contribution is -2.32. The van der Waals surface area contributed by atoms with Gasteiger partial charge in [-0.3, -0.25) is 19.7 Å². The number of fused-ring (bicyclic) bond motifs is 4. The third-order valence-corrected chi connectivity index (χ3v) is 8.35. The molecule has 0 bridgehead atoms. The summed E-state index contributed by atoms with van der Waals surface area (Å²) < 4.78 is 29.9. The highest BCUT2D eigenvalue weighted by molar-refractivity contribution is 6.07. The van der Waals surface area contributed by atoms with Crippen molar-refractivity contribution < 1.29 is 22.9 Å². The van der Waals surface area contributed by atoms with Crippen LogP contribution in [0.15, 0.2) is 56.2 Å². The Hall–Kier alpha value is -5.17. The molecule has 12 nitrogen and oxygen atoms in total. The smallest absolute Gasteiger partial charge is 0.273 e. The lowest BCUT2D eigenvalue weighted by molar-refractivity contribution is -0.384. The quantitative estimate of drug-likeness (QED) is 0.0696. The third kappa shape index (κ3) is 4.98. The number of unbranched alkanes of at least 4 members (excludes halogenated alkanes) is 1. The van der Waals surface area contributed by atoms with Gasteiger partial charge in [0, 0.05) is 44.0 Å². The molecule has 6 aromatic rings. The standard InChI is InChI=1S/C32H31FN6O6/c1-36(2)10-4-3-9-34-28-21(33)14-19-29-31(28)45-27-15-23-26(44-25-13-18(39(42)43)7-8-22(25)35-23)16-24(27)38(29)17-20(30(19)40)32(41)37-11-5-6-12-37/h7-8,13-17,34-35H,3-6,9-12H2,1-2H3. The summed E-state index contributed by atoms with van der Waals surface area (Å²) in [6.45, 7) is 2.47. The summed E-state index contributed by atoms with van der Waals surface area (Å²) in [7, 11) is 3.99. The highest BCUT2D eigenvalue weighted by Gasteiger charge is 2.27. The van der Waals surface area contributed by atoms with Crippen LogP contribution in [0.3, 0.4) is 0 Å². The summed E-state index contributed by atoms with van der Waals surface area (Å²) in [5.74, 6) is -1.06. The normalized spacial score (nSPS) is 13.7. The number of anilines is 1. The minimum absolute atomic E-state index is 0.0223. The fourth-order valence-electron chi connectivity index (χ4n) is 6.08. The number of hydrogen-bond donors (Lipinski definition) is 2. The number of non-ortho nitro benzene ring substituents is 1. The van der Waals surface area contributed by atoms with Gasteiger partial charge in [0.2, 0.25) is 5.43 Å². The van der Waals surface area contributed by atoms with Gasteiger partial charge in [-0.05, 0) is 58.5 Å². The molecule has 3 aromatic heterocycles. The van der Waals surface area contributed by atoms with E-state index in [0.717, 1.165) is 32.2 Å². The minimum Gasteiger partial charge on any atom is -0.453 e. The average molecular weight is 615 g/mol. The molecule has 0 aliphatic carbocycles. The van der Waals surface area contributed by atoms with E-state index in [1.807, 2.05) is 14.1 Å². The SMILES string of the molecule is CN(C)CCCCNc1c(F)cc2c(=O)c(C(=O)N3CCCC3)cn3c4cc5oc6cc([N+](=O)[O-])ccc6[nH]c5cc4oc1c23. The number of carbonyl (C=O) groups excluding carboxylic acids is 1. The van der Waals surface area contributed by atoms with Crippen LogP contribution in [-0.2, 0) is 0 Å². The predicted octanol–water partition coefficient (Wildman–Crippen LogP) is 6.03.